The Morgan fingerprint density at radius 1 is 1.05 bits per heavy atom. The number of hydrogen-bond donors (Lipinski definition) is 1. The van der Waals surface area contributed by atoms with Gasteiger partial charge < -0.3 is 14.7 Å². The molecule has 0 atom stereocenters. The molecule has 204 valence electrons. The maximum atomic E-state index is 14.1. The van der Waals surface area contributed by atoms with Crippen LogP contribution in [0, 0.1) is 36.0 Å². The predicted octanol–water partition coefficient (Wildman–Crippen LogP) is 6.49. The number of aryl methyl sites for hydroxylation is 1. The molecule has 2 aliphatic rings. The number of carbonyl (C=O) groups is 2. The lowest BCUT2D eigenvalue weighted by Crippen LogP contribution is -2.47. The van der Waals surface area contributed by atoms with E-state index in [1.54, 1.807) is 0 Å². The van der Waals surface area contributed by atoms with Crippen molar-refractivity contribution in [1.82, 2.24) is 10.2 Å². The second-order valence-electron chi connectivity index (χ2n) is 11.9. The third-order valence-corrected chi connectivity index (χ3v) is 8.43. The van der Waals surface area contributed by atoms with E-state index in [9.17, 15) is 14.7 Å². The molecule has 0 aromatic carbocycles. The SMILES string of the molecule is Cc1ccc(OC2CCC(N(C(=O)C3CCC(C)CC3)c3cc(C#CC(C)(C)C)sc3C(=O)O)CC2)nn1. The number of carboxylic acid groups (broad SMARTS) is 1. The van der Waals surface area contributed by atoms with E-state index in [0.29, 0.717) is 22.4 Å². The van der Waals surface area contributed by atoms with Gasteiger partial charge in [-0.15, -0.1) is 16.4 Å². The highest BCUT2D eigenvalue weighted by Gasteiger charge is 2.38. The van der Waals surface area contributed by atoms with Crippen molar-refractivity contribution in [2.24, 2.45) is 17.3 Å². The van der Waals surface area contributed by atoms with Crippen LogP contribution in [-0.4, -0.2) is 39.3 Å². The van der Waals surface area contributed by atoms with Gasteiger partial charge in [0.05, 0.1) is 16.3 Å². The molecule has 1 N–H and O–H groups in total. The van der Waals surface area contributed by atoms with Crippen molar-refractivity contribution in [3.8, 4) is 17.7 Å². The highest BCUT2D eigenvalue weighted by atomic mass is 32.1. The van der Waals surface area contributed by atoms with Crippen molar-refractivity contribution in [2.45, 2.75) is 98.1 Å². The van der Waals surface area contributed by atoms with E-state index in [1.165, 1.54) is 0 Å². The molecule has 0 aliphatic heterocycles. The molecule has 2 saturated carbocycles. The Kier molecular flexibility index (Phi) is 8.77. The van der Waals surface area contributed by atoms with Crippen molar-refractivity contribution in [1.29, 1.82) is 0 Å². The van der Waals surface area contributed by atoms with Crippen LogP contribution < -0.4 is 9.64 Å². The Morgan fingerprint density at radius 2 is 1.74 bits per heavy atom. The molecule has 0 bridgehead atoms. The van der Waals surface area contributed by atoms with Gasteiger partial charge in [0.2, 0.25) is 11.8 Å². The summed E-state index contributed by atoms with van der Waals surface area (Å²) >= 11 is 1.16. The highest BCUT2D eigenvalue weighted by Crippen LogP contribution is 2.39. The first-order valence-corrected chi connectivity index (χ1v) is 14.5. The zero-order valence-electron chi connectivity index (χ0n) is 23.1. The number of hydrogen-bond acceptors (Lipinski definition) is 6. The average molecular weight is 538 g/mol. The lowest BCUT2D eigenvalue weighted by molar-refractivity contribution is -0.124. The van der Waals surface area contributed by atoms with Gasteiger partial charge in [-0.05, 0) is 97.1 Å². The molecule has 2 heterocycles. The minimum Gasteiger partial charge on any atom is -0.477 e. The third kappa shape index (κ3) is 7.13. The van der Waals surface area contributed by atoms with Crippen molar-refractivity contribution in [2.75, 3.05) is 4.90 Å². The van der Waals surface area contributed by atoms with E-state index in [4.69, 9.17) is 4.74 Å². The van der Waals surface area contributed by atoms with Crippen LogP contribution in [-0.2, 0) is 4.79 Å². The lowest BCUT2D eigenvalue weighted by Gasteiger charge is -2.39. The fraction of sp³-hybridized carbons (Fsp3) is 0.600. The number of anilines is 1. The number of aromatic carboxylic acids is 1. The lowest BCUT2D eigenvalue weighted by atomic mass is 9.81. The fourth-order valence-electron chi connectivity index (χ4n) is 5.26. The topological polar surface area (TPSA) is 92.6 Å². The van der Waals surface area contributed by atoms with Crippen LogP contribution in [0.5, 0.6) is 5.88 Å². The van der Waals surface area contributed by atoms with Gasteiger partial charge in [0.1, 0.15) is 11.0 Å². The van der Waals surface area contributed by atoms with Crippen molar-refractivity contribution in [3.05, 3.63) is 33.6 Å². The summed E-state index contributed by atoms with van der Waals surface area (Å²) in [5, 5.41) is 18.3. The molecule has 1 amide bonds. The van der Waals surface area contributed by atoms with Gasteiger partial charge in [0, 0.05) is 23.4 Å². The van der Waals surface area contributed by atoms with E-state index < -0.39 is 5.97 Å². The van der Waals surface area contributed by atoms with Crippen molar-refractivity contribution < 1.29 is 19.4 Å². The van der Waals surface area contributed by atoms with E-state index in [-0.39, 0.29) is 34.3 Å². The standard InChI is InChI=1S/C30H39N3O4S/c1-19-6-9-21(10-7-19)28(34)33(25-18-24(16-17-30(3,4)5)38-27(25)29(35)36)22-11-13-23(14-12-22)37-26-15-8-20(2)31-32-26/h8,15,18-19,21-23H,6-7,9-14H2,1-5H3,(H,35,36). The maximum absolute atomic E-state index is 14.1. The number of aromatic nitrogens is 2. The van der Waals surface area contributed by atoms with Gasteiger partial charge in [-0.1, -0.05) is 18.8 Å². The zero-order valence-corrected chi connectivity index (χ0v) is 23.9. The summed E-state index contributed by atoms with van der Waals surface area (Å²) in [6.07, 6.45) is 6.73. The number of carboxylic acids is 1. The Hall–Kier alpha value is -2.92. The van der Waals surface area contributed by atoms with Crippen molar-refractivity contribution in [3.63, 3.8) is 0 Å². The monoisotopic (exact) mass is 537 g/mol. The molecule has 2 aromatic rings. The Morgan fingerprint density at radius 3 is 2.32 bits per heavy atom. The first-order valence-electron chi connectivity index (χ1n) is 13.7. The Labute approximate surface area is 230 Å². The van der Waals surface area contributed by atoms with E-state index in [2.05, 4.69) is 29.0 Å². The minimum atomic E-state index is -1.01. The van der Waals surface area contributed by atoms with Gasteiger partial charge in [0.15, 0.2) is 0 Å². The van der Waals surface area contributed by atoms with Gasteiger partial charge in [0.25, 0.3) is 0 Å². The molecule has 0 radical (unpaired) electrons. The third-order valence-electron chi connectivity index (χ3n) is 7.40. The number of nitrogens with zero attached hydrogens (tertiary/aromatic N) is 3. The van der Waals surface area contributed by atoms with Crippen LogP contribution in [0.3, 0.4) is 0 Å². The molecule has 4 rings (SSSR count). The van der Waals surface area contributed by atoms with Gasteiger partial charge in [-0.3, -0.25) is 4.79 Å². The van der Waals surface area contributed by atoms with Crippen LogP contribution in [0.25, 0.3) is 0 Å². The highest BCUT2D eigenvalue weighted by molar-refractivity contribution is 7.15. The first kappa shape index (κ1) is 28.1. The van der Waals surface area contributed by atoms with Crippen molar-refractivity contribution >= 4 is 28.9 Å². The fourth-order valence-corrected chi connectivity index (χ4v) is 6.11. The molecule has 7 nitrogen and oxygen atoms in total. The summed E-state index contributed by atoms with van der Waals surface area (Å²) in [5.41, 5.74) is 1.13. The number of carbonyl (C=O) groups excluding carboxylic acids is 1. The molecule has 0 saturated heterocycles. The van der Waals surface area contributed by atoms with Crippen LogP contribution in [0.4, 0.5) is 5.69 Å². The molecule has 38 heavy (non-hydrogen) atoms. The second kappa shape index (κ2) is 11.9. The number of ether oxygens (including phenoxy) is 1. The van der Waals surface area contributed by atoms with Gasteiger partial charge in [-0.25, -0.2) is 4.79 Å². The molecular weight excluding hydrogens is 498 g/mol. The zero-order chi connectivity index (χ0) is 27.4. The van der Waals surface area contributed by atoms with E-state index in [1.807, 2.05) is 50.8 Å². The van der Waals surface area contributed by atoms with Crippen LogP contribution >= 0.6 is 11.3 Å². The van der Waals surface area contributed by atoms with Gasteiger partial charge in [-0.2, -0.15) is 5.10 Å². The molecule has 2 aliphatic carbocycles. The summed E-state index contributed by atoms with van der Waals surface area (Å²) in [6, 6.07) is 5.45. The average Bonchev–Trinajstić information content (AvgIpc) is 3.30. The molecular formula is C30H39N3O4S. The molecule has 8 heteroatoms. The molecule has 2 fully saturated rings. The van der Waals surface area contributed by atoms with Gasteiger partial charge >= 0.3 is 5.97 Å². The normalized spacial score (nSPS) is 23.7. The van der Waals surface area contributed by atoms with E-state index in [0.717, 1.165) is 68.4 Å². The second-order valence-corrected chi connectivity index (χ2v) is 12.9. The largest absolute Gasteiger partial charge is 0.477 e. The molecule has 0 spiro atoms. The van der Waals surface area contributed by atoms with Crippen LogP contribution in [0.2, 0.25) is 0 Å². The predicted molar refractivity (Wildman–Crippen MR) is 150 cm³/mol. The summed E-state index contributed by atoms with van der Waals surface area (Å²) in [7, 11) is 0. The van der Waals surface area contributed by atoms with E-state index >= 15 is 0 Å². The van der Waals surface area contributed by atoms with Crippen LogP contribution in [0.1, 0.15) is 99.3 Å². The number of rotatable bonds is 6. The minimum absolute atomic E-state index is 0.00892. The molecule has 0 unspecified atom stereocenters. The molecule has 2 aromatic heterocycles. The number of thiophene rings is 1. The summed E-state index contributed by atoms with van der Waals surface area (Å²) < 4.78 is 6.08. The quantitative estimate of drug-likeness (QED) is 0.423. The summed E-state index contributed by atoms with van der Waals surface area (Å²) in [5.74, 6) is 6.46. The Bertz CT molecular complexity index is 1190. The number of amides is 1. The first-order chi connectivity index (χ1) is 18.0. The Balaban J connectivity index is 1.60. The van der Waals surface area contributed by atoms with Crippen LogP contribution in [0.15, 0.2) is 18.2 Å². The summed E-state index contributed by atoms with van der Waals surface area (Å²) in [4.78, 5) is 29.1. The smallest absolute Gasteiger partial charge is 0.348 e. The maximum Gasteiger partial charge on any atom is 0.348 e. The summed E-state index contributed by atoms with van der Waals surface area (Å²) in [6.45, 7) is 10.2.